The van der Waals surface area contributed by atoms with Crippen LogP contribution in [0, 0.1) is 0 Å². The normalized spacial score (nSPS) is 12.2. The topological polar surface area (TPSA) is 68.3 Å². The summed E-state index contributed by atoms with van der Waals surface area (Å²) in [5.41, 5.74) is 0.662. The molecule has 1 atom stereocenters. The van der Waals surface area contributed by atoms with Gasteiger partial charge in [0.15, 0.2) is 6.10 Å². The van der Waals surface area contributed by atoms with Crippen LogP contribution >= 0.6 is 22.7 Å². The number of rotatable bonds is 6. The number of aromatic nitrogens is 1. The van der Waals surface area contributed by atoms with Crippen LogP contribution in [0.15, 0.2) is 22.9 Å². The number of hydrogen-bond acceptors (Lipinski definition) is 6. The first kappa shape index (κ1) is 16.6. The Bertz CT molecular complexity index is 635. The van der Waals surface area contributed by atoms with Crippen molar-refractivity contribution in [3.05, 3.63) is 28.6 Å². The number of amides is 1. The van der Waals surface area contributed by atoms with Gasteiger partial charge in [-0.3, -0.25) is 9.59 Å². The summed E-state index contributed by atoms with van der Waals surface area (Å²) in [6, 6.07) is 3.97. The molecule has 22 heavy (non-hydrogen) atoms. The van der Waals surface area contributed by atoms with Gasteiger partial charge in [0.2, 0.25) is 0 Å². The van der Waals surface area contributed by atoms with Gasteiger partial charge in [0, 0.05) is 11.4 Å². The van der Waals surface area contributed by atoms with Crippen molar-refractivity contribution in [1.29, 1.82) is 0 Å². The molecule has 2 aromatic rings. The summed E-state index contributed by atoms with van der Waals surface area (Å²) in [5.74, 6) is -0.740. The predicted octanol–water partition coefficient (Wildman–Crippen LogP) is 2.87. The molecular formula is C15H18N2O3S2. The quantitative estimate of drug-likeness (QED) is 0.822. The maximum Gasteiger partial charge on any atom is 0.312 e. The molecule has 2 heterocycles. The maximum atomic E-state index is 11.9. The molecule has 1 unspecified atom stereocenters. The molecule has 7 heteroatoms. The fraction of sp³-hybridized carbons (Fsp3) is 0.400. The Morgan fingerprint density at radius 3 is 2.73 bits per heavy atom. The second-order valence-corrected chi connectivity index (χ2v) is 6.90. The third-order valence-electron chi connectivity index (χ3n) is 2.72. The zero-order chi connectivity index (χ0) is 16.1. The highest BCUT2D eigenvalue weighted by Crippen LogP contribution is 2.27. The number of carbonyl (C=O) groups is 2. The fourth-order valence-electron chi connectivity index (χ4n) is 1.74. The highest BCUT2D eigenvalue weighted by atomic mass is 32.1. The van der Waals surface area contributed by atoms with Gasteiger partial charge in [0.1, 0.15) is 5.01 Å². The average Bonchev–Trinajstić information content (AvgIpc) is 3.07. The molecule has 1 amide bonds. The third kappa shape index (κ3) is 4.64. The summed E-state index contributed by atoms with van der Waals surface area (Å²) in [6.45, 7) is 5.27. The van der Waals surface area contributed by atoms with Crippen LogP contribution in [0.5, 0.6) is 0 Å². The van der Waals surface area contributed by atoms with Crippen molar-refractivity contribution in [2.75, 3.05) is 0 Å². The number of thiazole rings is 1. The van der Waals surface area contributed by atoms with E-state index in [-0.39, 0.29) is 18.4 Å². The van der Waals surface area contributed by atoms with Crippen LogP contribution in [-0.2, 0) is 20.7 Å². The van der Waals surface area contributed by atoms with Crippen molar-refractivity contribution < 1.29 is 14.3 Å². The number of nitrogens with one attached hydrogen (secondary N) is 1. The first-order chi connectivity index (χ1) is 10.5. The monoisotopic (exact) mass is 338 g/mol. The lowest BCUT2D eigenvalue weighted by Gasteiger charge is -2.14. The molecule has 0 bridgehead atoms. The van der Waals surface area contributed by atoms with E-state index in [2.05, 4.69) is 10.3 Å². The number of hydrogen-bond donors (Lipinski definition) is 1. The maximum absolute atomic E-state index is 11.9. The van der Waals surface area contributed by atoms with E-state index in [4.69, 9.17) is 4.74 Å². The Morgan fingerprint density at radius 2 is 2.09 bits per heavy atom. The van der Waals surface area contributed by atoms with Crippen LogP contribution in [-0.4, -0.2) is 29.0 Å². The van der Waals surface area contributed by atoms with Crippen LogP contribution in [0.1, 0.15) is 26.5 Å². The van der Waals surface area contributed by atoms with Crippen molar-refractivity contribution in [2.24, 2.45) is 0 Å². The van der Waals surface area contributed by atoms with E-state index in [9.17, 15) is 9.59 Å². The Hall–Kier alpha value is -1.73. The fourth-order valence-corrected chi connectivity index (χ4v) is 3.38. The molecule has 2 aromatic heterocycles. The summed E-state index contributed by atoms with van der Waals surface area (Å²) in [5, 5.41) is 7.43. The van der Waals surface area contributed by atoms with Crippen molar-refractivity contribution in [3.8, 4) is 9.88 Å². The molecule has 0 fully saturated rings. The van der Waals surface area contributed by atoms with Crippen LogP contribution in [0.25, 0.3) is 9.88 Å². The van der Waals surface area contributed by atoms with Gasteiger partial charge in [-0.05, 0) is 32.2 Å². The van der Waals surface area contributed by atoms with E-state index in [1.54, 1.807) is 18.3 Å². The van der Waals surface area contributed by atoms with Gasteiger partial charge in [-0.25, -0.2) is 4.98 Å². The smallest absolute Gasteiger partial charge is 0.312 e. The number of carbonyl (C=O) groups excluding carboxylic acids is 2. The standard InChI is InChI=1S/C15H18N2O3S2/c1-9(2)16-14(19)10(3)20-13(18)7-11-8-22-15(17-11)12-5-4-6-21-12/h4-6,8-10H,7H2,1-3H3,(H,16,19). The van der Waals surface area contributed by atoms with Crippen LogP contribution in [0.4, 0.5) is 0 Å². The Morgan fingerprint density at radius 1 is 1.32 bits per heavy atom. The minimum Gasteiger partial charge on any atom is -0.452 e. The summed E-state index contributed by atoms with van der Waals surface area (Å²) in [6.07, 6.45) is -0.730. The lowest BCUT2D eigenvalue weighted by atomic mass is 10.3. The van der Waals surface area contributed by atoms with Crippen molar-refractivity contribution in [1.82, 2.24) is 10.3 Å². The van der Waals surface area contributed by atoms with E-state index in [1.807, 2.05) is 36.7 Å². The minimum absolute atomic E-state index is 0.0144. The molecule has 0 saturated carbocycles. The highest BCUT2D eigenvalue weighted by molar-refractivity contribution is 7.20. The molecule has 2 rings (SSSR count). The van der Waals surface area contributed by atoms with Gasteiger partial charge in [0.25, 0.3) is 5.91 Å². The second-order valence-electron chi connectivity index (χ2n) is 5.09. The lowest BCUT2D eigenvalue weighted by Crippen LogP contribution is -2.39. The first-order valence-corrected chi connectivity index (χ1v) is 8.69. The van der Waals surface area contributed by atoms with E-state index < -0.39 is 12.1 Å². The third-order valence-corrected chi connectivity index (χ3v) is 4.65. The number of esters is 1. The summed E-state index contributed by atoms with van der Waals surface area (Å²) in [4.78, 5) is 29.1. The Kier molecular flexibility index (Phi) is 5.68. The number of nitrogens with zero attached hydrogens (tertiary/aromatic N) is 1. The number of thiophene rings is 1. The second kappa shape index (κ2) is 7.51. The van der Waals surface area contributed by atoms with Crippen LogP contribution in [0.2, 0.25) is 0 Å². The molecule has 118 valence electrons. The summed E-state index contributed by atoms with van der Waals surface area (Å²) >= 11 is 3.10. The van der Waals surface area contributed by atoms with E-state index in [1.165, 1.54) is 11.3 Å². The molecule has 0 aliphatic rings. The van der Waals surface area contributed by atoms with Crippen molar-refractivity contribution in [2.45, 2.75) is 39.3 Å². The van der Waals surface area contributed by atoms with Gasteiger partial charge in [-0.15, -0.1) is 22.7 Å². The largest absolute Gasteiger partial charge is 0.452 e. The highest BCUT2D eigenvalue weighted by Gasteiger charge is 2.19. The van der Waals surface area contributed by atoms with Crippen molar-refractivity contribution >= 4 is 34.6 Å². The first-order valence-electron chi connectivity index (χ1n) is 6.94. The predicted molar refractivity (Wildman–Crippen MR) is 88.0 cm³/mol. The van der Waals surface area contributed by atoms with Gasteiger partial charge in [-0.1, -0.05) is 6.07 Å². The molecule has 0 aromatic carbocycles. The van der Waals surface area contributed by atoms with Gasteiger partial charge in [-0.2, -0.15) is 0 Å². The van der Waals surface area contributed by atoms with Crippen LogP contribution in [0.3, 0.4) is 0 Å². The SMILES string of the molecule is CC(C)NC(=O)C(C)OC(=O)Cc1csc(-c2cccs2)n1. The van der Waals surface area contributed by atoms with Gasteiger partial charge < -0.3 is 10.1 Å². The summed E-state index contributed by atoms with van der Waals surface area (Å²) in [7, 11) is 0. The van der Waals surface area contributed by atoms with Crippen molar-refractivity contribution in [3.63, 3.8) is 0 Å². The Labute approximate surface area is 137 Å². The van der Waals surface area contributed by atoms with Gasteiger partial charge >= 0.3 is 5.97 Å². The van der Waals surface area contributed by atoms with Crippen LogP contribution < -0.4 is 5.32 Å². The zero-order valence-corrected chi connectivity index (χ0v) is 14.3. The molecule has 0 aliphatic carbocycles. The molecule has 0 radical (unpaired) electrons. The minimum atomic E-state index is -0.801. The van der Waals surface area contributed by atoms with E-state index in [0.717, 1.165) is 9.88 Å². The molecule has 0 spiro atoms. The Balaban J connectivity index is 1.88. The molecular weight excluding hydrogens is 320 g/mol. The zero-order valence-electron chi connectivity index (χ0n) is 12.7. The van der Waals surface area contributed by atoms with Gasteiger partial charge in [0.05, 0.1) is 17.0 Å². The average molecular weight is 338 g/mol. The molecule has 5 nitrogen and oxygen atoms in total. The van der Waals surface area contributed by atoms with E-state index >= 15 is 0 Å². The summed E-state index contributed by atoms with van der Waals surface area (Å²) < 4.78 is 5.13. The van der Waals surface area contributed by atoms with E-state index in [0.29, 0.717) is 5.69 Å². The lowest BCUT2D eigenvalue weighted by molar-refractivity contribution is -0.154. The number of ether oxygens (including phenoxy) is 1. The molecule has 0 aliphatic heterocycles. The molecule has 1 N–H and O–H groups in total. The molecule has 0 saturated heterocycles.